The predicted molar refractivity (Wildman–Crippen MR) is 84.1 cm³/mol. The number of nitro benzene ring substituents is 1. The second-order valence-corrected chi connectivity index (χ2v) is 5.11. The molecule has 0 radical (unpaired) electrons. The average molecular weight is 284 g/mol. The molecule has 0 spiro atoms. The van der Waals surface area contributed by atoms with Crippen LogP contribution in [0.25, 0.3) is 0 Å². The Morgan fingerprint density at radius 3 is 2.19 bits per heavy atom. The van der Waals surface area contributed by atoms with Crippen LogP contribution in [0.3, 0.4) is 0 Å². The minimum atomic E-state index is -0.374. The highest BCUT2D eigenvalue weighted by atomic mass is 16.6. The van der Waals surface area contributed by atoms with Crippen LogP contribution in [0, 0.1) is 10.1 Å². The zero-order chi connectivity index (χ0) is 15.2. The molecule has 2 atom stereocenters. The fourth-order valence-electron chi connectivity index (χ4n) is 2.42. The second-order valence-electron chi connectivity index (χ2n) is 5.11. The Morgan fingerprint density at radius 1 is 1.05 bits per heavy atom. The van der Waals surface area contributed by atoms with Gasteiger partial charge < -0.3 is 5.32 Å². The summed E-state index contributed by atoms with van der Waals surface area (Å²) in [6.45, 7) is 4.22. The molecule has 2 unspecified atom stereocenters. The Kier molecular flexibility index (Phi) is 5.06. The Hall–Kier alpha value is -2.20. The van der Waals surface area contributed by atoms with Gasteiger partial charge in [0.15, 0.2) is 0 Å². The van der Waals surface area contributed by atoms with Crippen molar-refractivity contribution >= 4 is 5.69 Å². The van der Waals surface area contributed by atoms with Crippen molar-refractivity contribution in [3.63, 3.8) is 0 Å². The molecule has 21 heavy (non-hydrogen) atoms. The normalized spacial score (nSPS) is 13.6. The number of benzene rings is 2. The Morgan fingerprint density at radius 2 is 1.67 bits per heavy atom. The molecule has 110 valence electrons. The van der Waals surface area contributed by atoms with Gasteiger partial charge in [-0.2, -0.15) is 0 Å². The van der Waals surface area contributed by atoms with E-state index in [1.807, 2.05) is 30.3 Å². The lowest BCUT2D eigenvalue weighted by Crippen LogP contribution is -2.24. The van der Waals surface area contributed by atoms with Gasteiger partial charge in [-0.25, -0.2) is 0 Å². The first-order valence-corrected chi connectivity index (χ1v) is 7.17. The van der Waals surface area contributed by atoms with E-state index in [0.717, 1.165) is 12.0 Å². The summed E-state index contributed by atoms with van der Waals surface area (Å²) in [5.74, 6) is 0. The Labute approximate surface area is 125 Å². The van der Waals surface area contributed by atoms with Crippen molar-refractivity contribution in [2.75, 3.05) is 0 Å². The zero-order valence-electron chi connectivity index (χ0n) is 12.3. The molecule has 2 aromatic carbocycles. The van der Waals surface area contributed by atoms with Gasteiger partial charge in [0.25, 0.3) is 5.69 Å². The van der Waals surface area contributed by atoms with E-state index in [2.05, 4.69) is 31.3 Å². The lowest BCUT2D eigenvalue weighted by atomic mass is 10.0. The van der Waals surface area contributed by atoms with Crippen molar-refractivity contribution in [2.45, 2.75) is 32.4 Å². The first kappa shape index (κ1) is 15.2. The maximum Gasteiger partial charge on any atom is 0.269 e. The molecule has 0 aliphatic carbocycles. The third-order valence-electron chi connectivity index (χ3n) is 3.67. The van der Waals surface area contributed by atoms with E-state index in [1.54, 1.807) is 12.1 Å². The third-order valence-corrected chi connectivity index (χ3v) is 3.67. The molecule has 2 rings (SSSR count). The number of rotatable bonds is 6. The van der Waals surface area contributed by atoms with E-state index in [-0.39, 0.29) is 22.7 Å². The molecule has 0 amide bonds. The van der Waals surface area contributed by atoms with E-state index in [1.165, 1.54) is 5.56 Å². The average Bonchev–Trinajstić information content (AvgIpc) is 2.53. The van der Waals surface area contributed by atoms with Crippen LogP contribution in [-0.2, 0) is 0 Å². The molecule has 0 bridgehead atoms. The monoisotopic (exact) mass is 284 g/mol. The van der Waals surface area contributed by atoms with E-state index in [9.17, 15) is 10.1 Å². The van der Waals surface area contributed by atoms with Crippen molar-refractivity contribution < 1.29 is 4.92 Å². The van der Waals surface area contributed by atoms with Gasteiger partial charge >= 0.3 is 0 Å². The highest BCUT2D eigenvalue weighted by Crippen LogP contribution is 2.23. The molecule has 0 saturated heterocycles. The molecular formula is C17H20N2O2. The van der Waals surface area contributed by atoms with E-state index < -0.39 is 0 Å². The van der Waals surface area contributed by atoms with Gasteiger partial charge in [0.1, 0.15) is 0 Å². The van der Waals surface area contributed by atoms with Crippen LogP contribution in [0.5, 0.6) is 0 Å². The quantitative estimate of drug-likeness (QED) is 0.632. The summed E-state index contributed by atoms with van der Waals surface area (Å²) in [5.41, 5.74) is 2.43. The summed E-state index contributed by atoms with van der Waals surface area (Å²) in [6, 6.07) is 17.5. The predicted octanol–water partition coefficient (Wildman–Crippen LogP) is 4.40. The van der Waals surface area contributed by atoms with Crippen LogP contribution in [0.15, 0.2) is 54.6 Å². The number of hydrogen-bond acceptors (Lipinski definition) is 3. The maximum atomic E-state index is 10.7. The highest BCUT2D eigenvalue weighted by molar-refractivity contribution is 5.34. The number of non-ortho nitro benzene ring substituents is 1. The van der Waals surface area contributed by atoms with E-state index >= 15 is 0 Å². The van der Waals surface area contributed by atoms with Crippen LogP contribution in [-0.4, -0.2) is 4.92 Å². The molecule has 0 fully saturated rings. The standard InChI is InChI=1S/C17H20N2O2/c1-3-17(15-7-5-4-6-8-15)18-13(2)14-9-11-16(12-10-14)19(20)21/h4-13,17-18H,3H2,1-2H3. The molecule has 2 aromatic rings. The van der Waals surface area contributed by atoms with Crippen LogP contribution in [0.2, 0.25) is 0 Å². The fraction of sp³-hybridized carbons (Fsp3) is 0.294. The lowest BCUT2D eigenvalue weighted by molar-refractivity contribution is -0.384. The molecular weight excluding hydrogens is 264 g/mol. The molecule has 4 heteroatoms. The fourth-order valence-corrected chi connectivity index (χ4v) is 2.42. The Bertz CT molecular complexity index is 581. The molecule has 0 aliphatic rings. The van der Waals surface area contributed by atoms with Gasteiger partial charge in [-0.05, 0) is 24.5 Å². The molecule has 0 saturated carbocycles. The van der Waals surface area contributed by atoms with Gasteiger partial charge in [0, 0.05) is 24.2 Å². The SMILES string of the molecule is CCC(NC(C)c1ccc([N+](=O)[O-])cc1)c1ccccc1. The summed E-state index contributed by atoms with van der Waals surface area (Å²) in [6.07, 6.45) is 0.987. The smallest absolute Gasteiger partial charge is 0.269 e. The number of nitro groups is 1. The van der Waals surface area contributed by atoms with Crippen molar-refractivity contribution in [3.8, 4) is 0 Å². The molecule has 0 heterocycles. The highest BCUT2D eigenvalue weighted by Gasteiger charge is 2.14. The second kappa shape index (κ2) is 6.99. The minimum absolute atomic E-state index is 0.126. The van der Waals surface area contributed by atoms with Crippen molar-refractivity contribution in [1.82, 2.24) is 5.32 Å². The van der Waals surface area contributed by atoms with Gasteiger partial charge in [-0.3, -0.25) is 10.1 Å². The van der Waals surface area contributed by atoms with Crippen LogP contribution < -0.4 is 5.32 Å². The summed E-state index contributed by atoms with van der Waals surface area (Å²) in [4.78, 5) is 10.3. The van der Waals surface area contributed by atoms with Gasteiger partial charge in [0.2, 0.25) is 0 Å². The number of hydrogen-bond donors (Lipinski definition) is 1. The third kappa shape index (κ3) is 3.89. The summed E-state index contributed by atoms with van der Waals surface area (Å²) in [7, 11) is 0. The van der Waals surface area contributed by atoms with Crippen molar-refractivity contribution in [1.29, 1.82) is 0 Å². The van der Waals surface area contributed by atoms with Crippen molar-refractivity contribution in [3.05, 3.63) is 75.8 Å². The topological polar surface area (TPSA) is 55.2 Å². The van der Waals surface area contributed by atoms with E-state index in [4.69, 9.17) is 0 Å². The Balaban J connectivity index is 2.09. The molecule has 0 aliphatic heterocycles. The number of nitrogens with zero attached hydrogens (tertiary/aromatic N) is 1. The van der Waals surface area contributed by atoms with Crippen molar-refractivity contribution in [2.24, 2.45) is 0 Å². The summed E-state index contributed by atoms with van der Waals surface area (Å²) in [5, 5.41) is 14.3. The summed E-state index contributed by atoms with van der Waals surface area (Å²) >= 11 is 0. The van der Waals surface area contributed by atoms with Crippen LogP contribution in [0.1, 0.15) is 43.5 Å². The zero-order valence-corrected chi connectivity index (χ0v) is 12.3. The number of nitrogens with one attached hydrogen (secondary N) is 1. The molecule has 0 aromatic heterocycles. The minimum Gasteiger partial charge on any atom is -0.303 e. The first-order valence-electron chi connectivity index (χ1n) is 7.17. The largest absolute Gasteiger partial charge is 0.303 e. The van der Waals surface area contributed by atoms with Crippen LogP contribution >= 0.6 is 0 Å². The maximum absolute atomic E-state index is 10.7. The van der Waals surface area contributed by atoms with Gasteiger partial charge in [0.05, 0.1) is 4.92 Å². The molecule has 1 N–H and O–H groups in total. The first-order chi connectivity index (χ1) is 10.1. The lowest BCUT2D eigenvalue weighted by Gasteiger charge is -2.23. The van der Waals surface area contributed by atoms with Gasteiger partial charge in [-0.1, -0.05) is 49.4 Å². The van der Waals surface area contributed by atoms with Gasteiger partial charge in [-0.15, -0.1) is 0 Å². The van der Waals surface area contributed by atoms with Crippen LogP contribution in [0.4, 0.5) is 5.69 Å². The van der Waals surface area contributed by atoms with E-state index in [0.29, 0.717) is 0 Å². The molecule has 4 nitrogen and oxygen atoms in total. The summed E-state index contributed by atoms with van der Waals surface area (Å²) < 4.78 is 0.